The lowest BCUT2D eigenvalue weighted by atomic mass is 9.98. The topological polar surface area (TPSA) is 126 Å². The zero-order valence-corrected chi connectivity index (χ0v) is 17.6. The minimum Gasteiger partial charge on any atom is -0.335 e. The third-order valence-corrected chi connectivity index (χ3v) is 4.58. The Morgan fingerprint density at radius 3 is 1.16 bits per heavy atom. The van der Waals surface area contributed by atoms with Gasteiger partial charge in [0.2, 0.25) is 0 Å². The Morgan fingerprint density at radius 2 is 0.871 bits per heavy atom. The first-order chi connectivity index (χ1) is 14.5. The summed E-state index contributed by atoms with van der Waals surface area (Å²) in [6.07, 6.45) is 0. The number of hydrogen-bond donors (Lipinski definition) is 2. The summed E-state index contributed by atoms with van der Waals surface area (Å²) in [4.78, 5) is 71.4. The molecule has 0 saturated heterocycles. The molecule has 0 bridgehead atoms. The van der Waals surface area contributed by atoms with Crippen LogP contribution in [-0.4, -0.2) is 41.6 Å². The van der Waals surface area contributed by atoms with E-state index in [1.54, 1.807) is 0 Å². The molecule has 0 spiro atoms. The average Bonchev–Trinajstić information content (AvgIpc) is 2.72. The van der Waals surface area contributed by atoms with E-state index in [0.29, 0.717) is 0 Å². The molecule has 31 heavy (non-hydrogen) atoms. The fourth-order valence-corrected chi connectivity index (χ4v) is 2.98. The number of Topliss-reactive ketones (excluding diaryl/α,β-unsaturated/α-hetero) is 4. The van der Waals surface area contributed by atoms with E-state index in [2.05, 4.69) is 10.6 Å². The summed E-state index contributed by atoms with van der Waals surface area (Å²) in [6.45, 7) is 5.05. The third-order valence-electron chi connectivity index (χ3n) is 4.58. The van der Waals surface area contributed by atoms with E-state index in [1.165, 1.54) is 64.1 Å². The van der Waals surface area contributed by atoms with Crippen molar-refractivity contribution in [2.75, 3.05) is 6.67 Å². The summed E-state index contributed by atoms with van der Waals surface area (Å²) in [5.41, 5.74) is 1.07. The summed E-state index contributed by atoms with van der Waals surface area (Å²) >= 11 is 0. The number of ketones is 4. The summed E-state index contributed by atoms with van der Waals surface area (Å²) in [5, 5.41) is 4.99. The molecule has 160 valence electrons. The second kappa shape index (κ2) is 9.71. The van der Waals surface area contributed by atoms with Gasteiger partial charge in [0.05, 0.1) is 6.67 Å². The predicted molar refractivity (Wildman–Crippen MR) is 113 cm³/mol. The molecule has 2 amide bonds. The average molecular weight is 422 g/mol. The molecule has 0 unspecified atom stereocenters. The molecule has 0 aliphatic rings. The number of carbonyl (C=O) groups is 6. The summed E-state index contributed by atoms with van der Waals surface area (Å²) in [6, 6.07) is 8.31. The van der Waals surface area contributed by atoms with Crippen LogP contribution in [0.3, 0.4) is 0 Å². The minimum atomic E-state index is -0.547. The highest BCUT2D eigenvalue weighted by Crippen LogP contribution is 2.15. The Kier molecular flexibility index (Phi) is 7.31. The van der Waals surface area contributed by atoms with E-state index in [-0.39, 0.29) is 63.2 Å². The lowest BCUT2D eigenvalue weighted by Gasteiger charge is -2.11. The fourth-order valence-electron chi connectivity index (χ4n) is 2.98. The summed E-state index contributed by atoms with van der Waals surface area (Å²) in [7, 11) is 0. The maximum atomic E-state index is 12.3. The van der Waals surface area contributed by atoms with E-state index < -0.39 is 11.8 Å². The van der Waals surface area contributed by atoms with Crippen molar-refractivity contribution in [2.45, 2.75) is 27.7 Å². The van der Waals surface area contributed by atoms with E-state index in [0.717, 1.165) is 0 Å². The zero-order chi connectivity index (χ0) is 23.3. The van der Waals surface area contributed by atoms with Gasteiger partial charge in [-0.05, 0) is 64.1 Å². The van der Waals surface area contributed by atoms with Crippen molar-refractivity contribution in [1.82, 2.24) is 10.6 Å². The second-order valence-corrected chi connectivity index (χ2v) is 6.93. The van der Waals surface area contributed by atoms with Gasteiger partial charge in [0, 0.05) is 33.4 Å². The molecule has 2 aromatic rings. The Balaban J connectivity index is 2.08. The molecular weight excluding hydrogens is 400 g/mol. The van der Waals surface area contributed by atoms with Gasteiger partial charge >= 0.3 is 0 Å². The van der Waals surface area contributed by atoms with Gasteiger partial charge in [-0.3, -0.25) is 28.8 Å². The minimum absolute atomic E-state index is 0.145. The molecule has 0 heterocycles. The standard InChI is InChI=1S/C23H22N2O6/c1-12(26)18-7-5-16(9-20(18)14(3)28)22(30)24-11-25-23(31)17-6-8-19(13(2)27)21(10-17)15(4)29/h5-10H,11H2,1-4H3,(H,24,30)(H,25,31). The van der Waals surface area contributed by atoms with Gasteiger partial charge in [0.25, 0.3) is 11.8 Å². The first kappa shape index (κ1) is 23.3. The van der Waals surface area contributed by atoms with Crippen LogP contribution >= 0.6 is 0 Å². The van der Waals surface area contributed by atoms with E-state index in [1.807, 2.05) is 0 Å². The quantitative estimate of drug-likeness (QED) is 0.497. The molecule has 2 aromatic carbocycles. The molecule has 0 aliphatic heterocycles. The maximum Gasteiger partial charge on any atom is 0.252 e. The Hall–Kier alpha value is -3.94. The molecular formula is C23H22N2O6. The number of nitrogens with one attached hydrogen (secondary N) is 2. The molecule has 8 heteroatoms. The lowest BCUT2D eigenvalue weighted by molar-refractivity contribution is 0.0916. The highest BCUT2D eigenvalue weighted by atomic mass is 16.2. The van der Waals surface area contributed by atoms with Crippen molar-refractivity contribution in [1.29, 1.82) is 0 Å². The van der Waals surface area contributed by atoms with Gasteiger partial charge in [-0.1, -0.05) is 0 Å². The summed E-state index contributed by atoms with van der Waals surface area (Å²) < 4.78 is 0. The van der Waals surface area contributed by atoms with Crippen LogP contribution in [0.5, 0.6) is 0 Å². The predicted octanol–water partition coefficient (Wildman–Crippen LogP) is 2.61. The van der Waals surface area contributed by atoms with E-state index in [9.17, 15) is 28.8 Å². The molecule has 0 fully saturated rings. The fraction of sp³-hybridized carbons (Fsp3) is 0.217. The van der Waals surface area contributed by atoms with Crippen LogP contribution in [0, 0.1) is 0 Å². The largest absolute Gasteiger partial charge is 0.335 e. The number of rotatable bonds is 8. The molecule has 2 rings (SSSR count). The Morgan fingerprint density at radius 1 is 0.548 bits per heavy atom. The molecule has 0 saturated carbocycles. The molecule has 0 aliphatic carbocycles. The van der Waals surface area contributed by atoms with Crippen LogP contribution in [0.15, 0.2) is 36.4 Å². The van der Waals surface area contributed by atoms with Crippen LogP contribution in [-0.2, 0) is 0 Å². The van der Waals surface area contributed by atoms with Crippen LogP contribution in [0.4, 0.5) is 0 Å². The van der Waals surface area contributed by atoms with Gasteiger partial charge in [-0.2, -0.15) is 0 Å². The Bertz CT molecular complexity index is 1030. The molecule has 0 radical (unpaired) electrons. The maximum absolute atomic E-state index is 12.3. The van der Waals surface area contributed by atoms with Crippen molar-refractivity contribution >= 4 is 34.9 Å². The Labute approximate surface area is 179 Å². The van der Waals surface area contributed by atoms with Crippen molar-refractivity contribution in [3.05, 3.63) is 69.8 Å². The van der Waals surface area contributed by atoms with Crippen LogP contribution in [0.2, 0.25) is 0 Å². The number of hydrogen-bond acceptors (Lipinski definition) is 6. The van der Waals surface area contributed by atoms with Crippen molar-refractivity contribution in [3.63, 3.8) is 0 Å². The normalized spacial score (nSPS) is 10.2. The van der Waals surface area contributed by atoms with Crippen LogP contribution < -0.4 is 10.6 Å². The van der Waals surface area contributed by atoms with E-state index >= 15 is 0 Å². The molecule has 8 nitrogen and oxygen atoms in total. The molecule has 0 atom stereocenters. The number of amides is 2. The third kappa shape index (κ3) is 5.57. The molecule has 0 aromatic heterocycles. The van der Waals surface area contributed by atoms with Crippen molar-refractivity contribution in [3.8, 4) is 0 Å². The van der Waals surface area contributed by atoms with E-state index in [4.69, 9.17) is 0 Å². The second-order valence-electron chi connectivity index (χ2n) is 6.93. The smallest absolute Gasteiger partial charge is 0.252 e. The number of benzene rings is 2. The SMILES string of the molecule is CC(=O)c1ccc(C(=O)NCNC(=O)c2ccc(C(C)=O)c(C(C)=O)c2)cc1C(C)=O. The molecule has 2 N–H and O–H groups in total. The van der Waals surface area contributed by atoms with Crippen molar-refractivity contribution < 1.29 is 28.8 Å². The van der Waals surface area contributed by atoms with Gasteiger partial charge in [-0.25, -0.2) is 0 Å². The monoisotopic (exact) mass is 422 g/mol. The van der Waals surface area contributed by atoms with Gasteiger partial charge < -0.3 is 10.6 Å². The van der Waals surface area contributed by atoms with Crippen LogP contribution in [0.25, 0.3) is 0 Å². The number of carbonyl (C=O) groups excluding carboxylic acids is 6. The zero-order valence-electron chi connectivity index (χ0n) is 17.6. The highest BCUT2D eigenvalue weighted by molar-refractivity contribution is 6.10. The first-order valence-electron chi connectivity index (χ1n) is 9.41. The van der Waals surface area contributed by atoms with Gasteiger partial charge in [0.15, 0.2) is 23.1 Å². The van der Waals surface area contributed by atoms with Crippen molar-refractivity contribution in [2.24, 2.45) is 0 Å². The lowest BCUT2D eigenvalue weighted by Crippen LogP contribution is -2.37. The highest BCUT2D eigenvalue weighted by Gasteiger charge is 2.17. The van der Waals surface area contributed by atoms with Crippen LogP contribution in [0.1, 0.15) is 89.8 Å². The van der Waals surface area contributed by atoms with Gasteiger partial charge in [0.1, 0.15) is 0 Å². The first-order valence-corrected chi connectivity index (χ1v) is 9.41. The van der Waals surface area contributed by atoms with Gasteiger partial charge in [-0.15, -0.1) is 0 Å². The summed E-state index contributed by atoms with van der Waals surface area (Å²) in [5.74, 6) is -2.36.